The minimum Gasteiger partial charge on any atom is -0.338 e. The maximum absolute atomic E-state index is 12.8. The minimum absolute atomic E-state index is 0.0139. The number of nitrogens with zero attached hydrogens (tertiary/aromatic N) is 2. The number of carbonyl (C=O) groups is 2. The first-order chi connectivity index (χ1) is 9.89. The Morgan fingerprint density at radius 3 is 2.67 bits per heavy atom. The molecule has 0 spiro atoms. The van der Waals surface area contributed by atoms with Crippen LogP contribution in [0.4, 0.5) is 4.79 Å². The second-order valence-electron chi connectivity index (χ2n) is 5.33. The molecule has 1 aliphatic rings. The Hall–Kier alpha value is -1.04. The van der Waals surface area contributed by atoms with Crippen LogP contribution < -0.4 is 10.6 Å². The van der Waals surface area contributed by atoms with Gasteiger partial charge in [0.15, 0.2) is 3.55 Å². The molecule has 0 radical (unpaired) electrons. The van der Waals surface area contributed by atoms with Crippen molar-refractivity contribution in [1.82, 2.24) is 15.5 Å². The van der Waals surface area contributed by atoms with Gasteiger partial charge in [-0.3, -0.25) is 4.79 Å². The van der Waals surface area contributed by atoms with Gasteiger partial charge in [0.1, 0.15) is 12.1 Å². The van der Waals surface area contributed by atoms with E-state index in [1.54, 1.807) is 4.90 Å². The SMILES string of the molecule is CCNC(=O)N[C@H](C(=O)N1CCC[C@]1(I)C#N)C(C)CC. The van der Waals surface area contributed by atoms with Gasteiger partial charge in [-0.1, -0.05) is 20.3 Å². The molecule has 6 nitrogen and oxygen atoms in total. The van der Waals surface area contributed by atoms with E-state index in [-0.39, 0.29) is 17.9 Å². The van der Waals surface area contributed by atoms with Gasteiger partial charge in [-0.15, -0.1) is 0 Å². The average Bonchev–Trinajstić information content (AvgIpc) is 2.86. The van der Waals surface area contributed by atoms with Crippen LogP contribution in [0.15, 0.2) is 0 Å². The summed E-state index contributed by atoms with van der Waals surface area (Å²) in [6.45, 7) is 6.82. The third kappa shape index (κ3) is 4.22. The van der Waals surface area contributed by atoms with Gasteiger partial charge in [-0.05, 0) is 48.3 Å². The summed E-state index contributed by atoms with van der Waals surface area (Å²) in [5.41, 5.74) is 0. The van der Waals surface area contributed by atoms with Crippen LogP contribution in [0.2, 0.25) is 0 Å². The fourth-order valence-electron chi connectivity index (χ4n) is 2.39. The van der Waals surface area contributed by atoms with Crippen LogP contribution in [0.1, 0.15) is 40.0 Å². The van der Waals surface area contributed by atoms with Gasteiger partial charge < -0.3 is 15.5 Å². The van der Waals surface area contributed by atoms with E-state index >= 15 is 0 Å². The highest BCUT2D eigenvalue weighted by atomic mass is 127. The van der Waals surface area contributed by atoms with E-state index in [1.807, 2.05) is 43.4 Å². The highest BCUT2D eigenvalue weighted by molar-refractivity contribution is 14.1. The predicted molar refractivity (Wildman–Crippen MR) is 88.8 cm³/mol. The van der Waals surface area contributed by atoms with Crippen molar-refractivity contribution in [1.29, 1.82) is 5.26 Å². The minimum atomic E-state index is -0.788. The molecule has 7 heteroatoms. The quantitative estimate of drug-likeness (QED) is 0.416. The first kappa shape index (κ1) is 18.0. The van der Waals surface area contributed by atoms with Crippen LogP contribution >= 0.6 is 22.6 Å². The molecule has 0 bridgehead atoms. The first-order valence-corrected chi connectivity index (χ1v) is 8.43. The molecular formula is C14H23IN4O2. The van der Waals surface area contributed by atoms with Crippen LogP contribution in [-0.2, 0) is 4.79 Å². The number of hydrogen-bond acceptors (Lipinski definition) is 3. The van der Waals surface area contributed by atoms with Crippen LogP contribution in [-0.4, -0.2) is 39.5 Å². The van der Waals surface area contributed by atoms with Crippen molar-refractivity contribution < 1.29 is 9.59 Å². The summed E-state index contributed by atoms with van der Waals surface area (Å²) in [6, 6.07) is 1.29. The average molecular weight is 406 g/mol. The van der Waals surface area contributed by atoms with E-state index in [0.717, 1.165) is 12.8 Å². The molecule has 1 unspecified atom stereocenters. The molecule has 1 rings (SSSR count). The zero-order valence-electron chi connectivity index (χ0n) is 12.8. The van der Waals surface area contributed by atoms with E-state index in [2.05, 4.69) is 16.7 Å². The lowest BCUT2D eigenvalue weighted by molar-refractivity contribution is -0.134. The number of carbonyl (C=O) groups excluding carboxylic acids is 2. The fourth-order valence-corrected chi connectivity index (χ4v) is 3.25. The van der Waals surface area contributed by atoms with Crippen molar-refractivity contribution in [3.8, 4) is 6.07 Å². The van der Waals surface area contributed by atoms with E-state index in [4.69, 9.17) is 0 Å². The molecule has 3 amide bonds. The smallest absolute Gasteiger partial charge is 0.315 e. The summed E-state index contributed by atoms with van der Waals surface area (Å²) in [5.74, 6) is -0.149. The molecule has 118 valence electrons. The highest BCUT2D eigenvalue weighted by Crippen LogP contribution is 2.36. The number of halogens is 1. The lowest BCUT2D eigenvalue weighted by Gasteiger charge is -2.33. The summed E-state index contributed by atoms with van der Waals surface area (Å²) in [7, 11) is 0. The molecule has 1 heterocycles. The summed E-state index contributed by atoms with van der Waals surface area (Å²) >= 11 is 2.04. The highest BCUT2D eigenvalue weighted by Gasteiger charge is 2.44. The second-order valence-corrected chi connectivity index (χ2v) is 7.12. The Bertz CT molecular complexity index is 437. The topological polar surface area (TPSA) is 85.2 Å². The fraction of sp³-hybridized carbons (Fsp3) is 0.786. The van der Waals surface area contributed by atoms with Gasteiger partial charge in [-0.2, -0.15) is 5.26 Å². The number of amides is 3. The summed E-state index contributed by atoms with van der Waals surface area (Å²) in [4.78, 5) is 26.2. The molecule has 0 aromatic heterocycles. The normalized spacial score (nSPS) is 24.0. The van der Waals surface area contributed by atoms with Crippen LogP contribution in [0.25, 0.3) is 0 Å². The van der Waals surface area contributed by atoms with E-state index in [9.17, 15) is 14.9 Å². The van der Waals surface area contributed by atoms with Gasteiger partial charge >= 0.3 is 6.03 Å². The van der Waals surface area contributed by atoms with Crippen molar-refractivity contribution in [2.75, 3.05) is 13.1 Å². The van der Waals surface area contributed by atoms with Gasteiger partial charge in [0, 0.05) is 13.1 Å². The van der Waals surface area contributed by atoms with E-state index in [0.29, 0.717) is 19.5 Å². The number of likely N-dealkylation sites (tertiary alicyclic amines) is 1. The third-order valence-corrected chi connectivity index (χ3v) is 5.22. The summed E-state index contributed by atoms with van der Waals surface area (Å²) in [5, 5.41) is 14.7. The maximum atomic E-state index is 12.8. The second kappa shape index (κ2) is 7.82. The molecule has 1 saturated heterocycles. The molecule has 0 aromatic carbocycles. The number of alkyl halides is 1. The van der Waals surface area contributed by atoms with Gasteiger partial charge in [0.05, 0.1) is 0 Å². The van der Waals surface area contributed by atoms with Crippen molar-refractivity contribution >= 4 is 34.5 Å². The molecular weight excluding hydrogens is 383 g/mol. The molecule has 21 heavy (non-hydrogen) atoms. The number of hydrogen-bond donors (Lipinski definition) is 2. The molecule has 2 N–H and O–H groups in total. The zero-order chi connectivity index (χ0) is 16.0. The molecule has 0 aromatic rings. The van der Waals surface area contributed by atoms with Gasteiger partial charge in [-0.25, -0.2) is 4.79 Å². The summed E-state index contributed by atoms with van der Waals surface area (Å²) in [6.07, 6.45) is 2.26. The van der Waals surface area contributed by atoms with Crippen molar-refractivity contribution in [3.05, 3.63) is 0 Å². The van der Waals surface area contributed by atoms with E-state index in [1.165, 1.54) is 0 Å². The molecule has 1 aliphatic heterocycles. The van der Waals surface area contributed by atoms with Crippen LogP contribution in [0, 0.1) is 17.2 Å². The number of nitriles is 1. The lowest BCUT2D eigenvalue weighted by atomic mass is 9.97. The zero-order valence-corrected chi connectivity index (χ0v) is 14.9. The van der Waals surface area contributed by atoms with Gasteiger partial charge in [0.25, 0.3) is 0 Å². The standard InChI is InChI=1S/C14H23IN4O2/c1-4-10(3)11(18-13(21)17-5-2)12(20)19-8-6-7-14(19,15)9-16/h10-11H,4-8H2,1-3H3,(H2,17,18,21)/t10?,11-,14+/m0/s1. The first-order valence-electron chi connectivity index (χ1n) is 7.35. The Morgan fingerprint density at radius 2 is 2.14 bits per heavy atom. The third-order valence-electron chi connectivity index (χ3n) is 3.86. The van der Waals surface area contributed by atoms with Crippen molar-refractivity contribution in [2.24, 2.45) is 5.92 Å². The van der Waals surface area contributed by atoms with Crippen molar-refractivity contribution in [3.63, 3.8) is 0 Å². The molecule has 3 atom stereocenters. The van der Waals surface area contributed by atoms with E-state index < -0.39 is 9.59 Å². The Balaban J connectivity index is 2.90. The van der Waals surface area contributed by atoms with Crippen molar-refractivity contribution in [2.45, 2.75) is 49.6 Å². The van der Waals surface area contributed by atoms with Crippen LogP contribution in [0.5, 0.6) is 0 Å². The number of urea groups is 1. The monoisotopic (exact) mass is 406 g/mol. The van der Waals surface area contributed by atoms with Gasteiger partial charge in [0.2, 0.25) is 5.91 Å². The Kier molecular flexibility index (Phi) is 6.71. The van der Waals surface area contributed by atoms with Crippen LogP contribution in [0.3, 0.4) is 0 Å². The molecule has 0 aliphatic carbocycles. The molecule has 0 saturated carbocycles. The predicted octanol–water partition coefficient (Wildman–Crippen LogP) is 2.00. The summed E-state index contributed by atoms with van der Waals surface area (Å²) < 4.78 is -0.788. The largest absolute Gasteiger partial charge is 0.338 e. The Labute approximate surface area is 139 Å². The Morgan fingerprint density at radius 1 is 1.48 bits per heavy atom. The number of nitrogens with one attached hydrogen (secondary N) is 2. The lowest BCUT2D eigenvalue weighted by Crippen LogP contribution is -2.56. The maximum Gasteiger partial charge on any atom is 0.315 e. The number of rotatable bonds is 5. The molecule has 1 fully saturated rings.